The monoisotopic (exact) mass is 294 g/mol. The highest BCUT2D eigenvalue weighted by Gasteiger charge is 2.28. The molecule has 1 saturated heterocycles. The lowest BCUT2D eigenvalue weighted by molar-refractivity contribution is 0.410. The number of hydrogen-bond donors (Lipinski definition) is 1. The van der Waals surface area contributed by atoms with Crippen molar-refractivity contribution in [2.75, 3.05) is 26.0 Å². The molecule has 0 bridgehead atoms. The average Bonchev–Trinajstić information content (AvgIpc) is 2.76. The van der Waals surface area contributed by atoms with Gasteiger partial charge in [0.05, 0.1) is 19.4 Å². The van der Waals surface area contributed by atoms with Crippen molar-refractivity contribution in [2.24, 2.45) is 5.73 Å². The molecule has 0 aromatic heterocycles. The van der Waals surface area contributed by atoms with Crippen LogP contribution in [0.1, 0.15) is 17.5 Å². The van der Waals surface area contributed by atoms with Crippen LogP contribution >= 0.6 is 0 Å². The van der Waals surface area contributed by atoms with Crippen molar-refractivity contribution in [2.45, 2.75) is 13.0 Å². The van der Waals surface area contributed by atoms with Crippen molar-refractivity contribution in [3.63, 3.8) is 0 Å². The van der Waals surface area contributed by atoms with Gasteiger partial charge in [0.15, 0.2) is 0 Å². The molecule has 0 radical (unpaired) electrons. The molecule has 108 valence electrons. The quantitative estimate of drug-likeness (QED) is 0.826. The molecule has 1 aliphatic heterocycles. The third-order valence-corrected chi connectivity index (χ3v) is 5.09. The van der Waals surface area contributed by atoms with Crippen LogP contribution in [0.2, 0.25) is 0 Å². The molecule has 0 saturated carbocycles. The van der Waals surface area contributed by atoms with Crippen LogP contribution in [0.3, 0.4) is 0 Å². The van der Waals surface area contributed by atoms with Gasteiger partial charge in [0, 0.05) is 18.7 Å². The lowest BCUT2D eigenvalue weighted by atomic mass is 10.1. The zero-order valence-electron chi connectivity index (χ0n) is 11.4. The second-order valence-corrected chi connectivity index (χ2v) is 6.62. The van der Waals surface area contributed by atoms with Gasteiger partial charge in [-0.1, -0.05) is 11.8 Å². The number of nitrogens with two attached hydrogens (primary N) is 1. The standard InChI is InChI=1S/C14H18N2O3S/c1-19-14-6-5-12(4-2-7-15)13(10-14)11-16-8-3-9-20(16,17)18/h5-6,10H,3,7-9,11,15H2,1H3. The molecule has 5 nitrogen and oxygen atoms in total. The van der Waals surface area contributed by atoms with Crippen LogP contribution in [0.25, 0.3) is 0 Å². The second kappa shape index (κ2) is 6.27. The van der Waals surface area contributed by atoms with Crippen molar-refractivity contribution >= 4 is 10.0 Å². The fourth-order valence-electron chi connectivity index (χ4n) is 2.15. The lowest BCUT2D eigenvalue weighted by Gasteiger charge is -2.16. The number of sulfonamides is 1. The Bertz CT molecular complexity index is 644. The Labute approximate surface area is 119 Å². The van der Waals surface area contributed by atoms with Gasteiger partial charge in [-0.25, -0.2) is 8.42 Å². The van der Waals surface area contributed by atoms with E-state index in [0.29, 0.717) is 25.3 Å². The van der Waals surface area contributed by atoms with Crippen molar-refractivity contribution < 1.29 is 13.2 Å². The van der Waals surface area contributed by atoms with Gasteiger partial charge in [-0.3, -0.25) is 0 Å². The van der Waals surface area contributed by atoms with Gasteiger partial charge in [-0.2, -0.15) is 4.31 Å². The maximum absolute atomic E-state index is 11.9. The molecular formula is C14H18N2O3S. The van der Waals surface area contributed by atoms with E-state index in [-0.39, 0.29) is 12.3 Å². The first kappa shape index (κ1) is 14.9. The van der Waals surface area contributed by atoms with Crippen molar-refractivity contribution in [1.29, 1.82) is 0 Å². The molecule has 1 fully saturated rings. The van der Waals surface area contributed by atoms with Gasteiger partial charge in [0.2, 0.25) is 10.0 Å². The summed E-state index contributed by atoms with van der Waals surface area (Å²) < 4.78 is 30.5. The Hall–Kier alpha value is -1.55. The van der Waals surface area contributed by atoms with Gasteiger partial charge >= 0.3 is 0 Å². The smallest absolute Gasteiger partial charge is 0.214 e. The van der Waals surface area contributed by atoms with Crippen molar-refractivity contribution in [3.8, 4) is 17.6 Å². The predicted molar refractivity (Wildman–Crippen MR) is 77.7 cm³/mol. The molecule has 0 aliphatic carbocycles. The maximum atomic E-state index is 11.9. The van der Waals surface area contributed by atoms with E-state index in [9.17, 15) is 8.42 Å². The molecule has 20 heavy (non-hydrogen) atoms. The lowest BCUT2D eigenvalue weighted by Crippen LogP contribution is -2.25. The Morgan fingerprint density at radius 3 is 2.85 bits per heavy atom. The summed E-state index contributed by atoms with van der Waals surface area (Å²) >= 11 is 0. The Kier molecular flexibility index (Phi) is 4.65. The van der Waals surface area contributed by atoms with E-state index >= 15 is 0 Å². The summed E-state index contributed by atoms with van der Waals surface area (Å²) in [5.74, 6) is 6.68. The van der Waals surface area contributed by atoms with Crippen LogP contribution in [0, 0.1) is 11.8 Å². The number of hydrogen-bond acceptors (Lipinski definition) is 4. The molecule has 1 heterocycles. The Balaban J connectivity index is 2.33. The van der Waals surface area contributed by atoms with Gasteiger partial charge in [0.1, 0.15) is 5.75 Å². The number of nitrogens with zero attached hydrogens (tertiary/aromatic N) is 1. The summed E-state index contributed by atoms with van der Waals surface area (Å²) in [6.45, 7) is 1.16. The van der Waals surface area contributed by atoms with Gasteiger partial charge in [0.25, 0.3) is 0 Å². The minimum atomic E-state index is -3.12. The van der Waals surface area contributed by atoms with E-state index in [1.165, 1.54) is 4.31 Å². The topological polar surface area (TPSA) is 72.6 Å². The molecule has 2 N–H and O–H groups in total. The molecule has 0 amide bonds. The molecule has 0 unspecified atom stereocenters. The van der Waals surface area contributed by atoms with Crippen LogP contribution < -0.4 is 10.5 Å². The first-order chi connectivity index (χ1) is 9.56. The van der Waals surface area contributed by atoms with Crippen LogP contribution in [-0.4, -0.2) is 38.7 Å². The zero-order valence-corrected chi connectivity index (χ0v) is 12.2. The van der Waals surface area contributed by atoms with E-state index in [2.05, 4.69) is 11.8 Å². The maximum Gasteiger partial charge on any atom is 0.214 e. The third kappa shape index (κ3) is 3.31. The molecule has 0 atom stereocenters. The zero-order chi connectivity index (χ0) is 14.6. The van der Waals surface area contributed by atoms with Crippen molar-refractivity contribution in [1.82, 2.24) is 4.31 Å². The van der Waals surface area contributed by atoms with E-state index in [4.69, 9.17) is 10.5 Å². The average molecular weight is 294 g/mol. The van der Waals surface area contributed by atoms with Crippen LogP contribution in [0.5, 0.6) is 5.75 Å². The van der Waals surface area contributed by atoms with Gasteiger partial charge < -0.3 is 10.5 Å². The highest BCUT2D eigenvalue weighted by atomic mass is 32.2. The van der Waals surface area contributed by atoms with Gasteiger partial charge in [-0.15, -0.1) is 0 Å². The largest absolute Gasteiger partial charge is 0.497 e. The fourth-order valence-corrected chi connectivity index (χ4v) is 3.65. The molecule has 1 aliphatic rings. The highest BCUT2D eigenvalue weighted by Crippen LogP contribution is 2.22. The summed E-state index contributed by atoms with van der Waals surface area (Å²) in [6, 6.07) is 5.47. The highest BCUT2D eigenvalue weighted by molar-refractivity contribution is 7.89. The number of methoxy groups -OCH3 is 1. The first-order valence-electron chi connectivity index (χ1n) is 6.40. The molecule has 1 aromatic carbocycles. The number of benzene rings is 1. The van der Waals surface area contributed by atoms with Crippen LogP contribution in [0.4, 0.5) is 0 Å². The predicted octanol–water partition coefficient (Wildman–Crippen LogP) is 0.541. The molecule has 2 rings (SSSR count). The molecule has 1 aromatic rings. The molecule has 6 heteroatoms. The minimum Gasteiger partial charge on any atom is -0.497 e. The van der Waals surface area contributed by atoms with Gasteiger partial charge in [-0.05, 0) is 30.2 Å². The second-order valence-electron chi connectivity index (χ2n) is 4.53. The molecule has 0 spiro atoms. The van der Waals surface area contributed by atoms with Crippen LogP contribution in [-0.2, 0) is 16.6 Å². The summed E-state index contributed by atoms with van der Waals surface area (Å²) in [4.78, 5) is 0. The Morgan fingerprint density at radius 1 is 1.45 bits per heavy atom. The minimum absolute atomic E-state index is 0.223. The van der Waals surface area contributed by atoms with Crippen molar-refractivity contribution in [3.05, 3.63) is 29.3 Å². The number of rotatable bonds is 3. The summed E-state index contributed by atoms with van der Waals surface area (Å²) in [5, 5.41) is 0. The summed E-state index contributed by atoms with van der Waals surface area (Å²) in [6.07, 6.45) is 0.677. The van der Waals surface area contributed by atoms with E-state index < -0.39 is 10.0 Å². The van der Waals surface area contributed by atoms with E-state index in [0.717, 1.165) is 11.1 Å². The normalized spacial score (nSPS) is 17.5. The Morgan fingerprint density at radius 2 is 2.25 bits per heavy atom. The number of ether oxygens (including phenoxy) is 1. The summed E-state index contributed by atoms with van der Waals surface area (Å²) in [7, 11) is -1.54. The van der Waals surface area contributed by atoms with E-state index in [1.54, 1.807) is 7.11 Å². The van der Waals surface area contributed by atoms with E-state index in [1.807, 2.05) is 18.2 Å². The van der Waals surface area contributed by atoms with Crippen LogP contribution in [0.15, 0.2) is 18.2 Å². The first-order valence-corrected chi connectivity index (χ1v) is 8.01. The summed E-state index contributed by atoms with van der Waals surface area (Å²) in [5.41, 5.74) is 7.02. The SMILES string of the molecule is COc1ccc(C#CCN)c(CN2CCCS2(=O)=O)c1. The third-order valence-electron chi connectivity index (χ3n) is 3.19. The fraction of sp³-hybridized carbons (Fsp3) is 0.429. The molecular weight excluding hydrogens is 276 g/mol.